The molecule has 0 aliphatic carbocycles. The number of fused-ring (bicyclic) bond motifs is 3. The zero-order valence-electron chi connectivity index (χ0n) is 13.3. The van der Waals surface area contributed by atoms with Crippen LogP contribution in [-0.2, 0) is 0 Å². The van der Waals surface area contributed by atoms with Gasteiger partial charge in [0.1, 0.15) is 11.5 Å². The lowest BCUT2D eigenvalue weighted by Crippen LogP contribution is -2.50. The molecule has 2 aliphatic heterocycles. The number of aromatic nitrogens is 2. The maximum absolute atomic E-state index is 12.6. The molecule has 0 radical (unpaired) electrons. The van der Waals surface area contributed by atoms with Gasteiger partial charge in [-0.2, -0.15) is 0 Å². The summed E-state index contributed by atoms with van der Waals surface area (Å²) in [6.07, 6.45) is 0. The summed E-state index contributed by atoms with van der Waals surface area (Å²) < 4.78 is 1.02. The predicted octanol–water partition coefficient (Wildman–Crippen LogP) is 3.67. The average molecular weight is 411 g/mol. The van der Waals surface area contributed by atoms with Gasteiger partial charge < -0.3 is 4.98 Å². The molecule has 3 heterocycles. The molecule has 2 amide bonds. The molecule has 24 heavy (non-hydrogen) atoms. The molecule has 1 N–H and O–H groups in total. The minimum Gasteiger partial charge on any atom is -0.334 e. The van der Waals surface area contributed by atoms with Gasteiger partial charge >= 0.3 is 6.03 Å². The number of benzene rings is 1. The van der Waals surface area contributed by atoms with E-state index in [0.29, 0.717) is 24.7 Å². The molecule has 4 rings (SSSR count). The molecule has 0 fully saturated rings. The molecule has 0 saturated carbocycles. The van der Waals surface area contributed by atoms with Crippen molar-refractivity contribution in [3.63, 3.8) is 0 Å². The van der Waals surface area contributed by atoms with E-state index >= 15 is 0 Å². The van der Waals surface area contributed by atoms with Gasteiger partial charge in [-0.05, 0) is 26.0 Å². The number of aromatic amines is 1. The minimum absolute atomic E-state index is 0. The van der Waals surface area contributed by atoms with E-state index in [1.807, 2.05) is 38.1 Å². The summed E-state index contributed by atoms with van der Waals surface area (Å²) in [4.78, 5) is 28.7. The standard InChI is InChI=1S/C16H16BrN5O.ClH/c1-3-21-15-12(14-18-9(2)8-22(14)16(21)23)19-13(20-15)10-4-6-11(17)7-5-10;/h4-7,9H,3,8H2,1-2H3,(H,19,20);1H. The number of aliphatic imine (C=N–C) groups is 1. The van der Waals surface area contributed by atoms with E-state index < -0.39 is 0 Å². The van der Waals surface area contributed by atoms with Crippen LogP contribution in [0.15, 0.2) is 33.7 Å². The van der Waals surface area contributed by atoms with Crippen LogP contribution in [-0.4, -0.2) is 45.9 Å². The van der Waals surface area contributed by atoms with Crippen molar-refractivity contribution >= 4 is 46.0 Å². The fourth-order valence-corrected chi connectivity index (χ4v) is 3.28. The molecular weight excluding hydrogens is 394 g/mol. The van der Waals surface area contributed by atoms with Crippen molar-refractivity contribution in [1.29, 1.82) is 0 Å². The van der Waals surface area contributed by atoms with Gasteiger partial charge in [0.15, 0.2) is 11.7 Å². The Balaban J connectivity index is 0.00000169. The SMILES string of the molecule is CCN1C(=O)N2CC(C)N=C2c2[nH]c(-c3ccc(Br)cc3)nc21.Cl. The maximum atomic E-state index is 12.6. The summed E-state index contributed by atoms with van der Waals surface area (Å²) in [5.74, 6) is 2.12. The molecule has 0 bridgehead atoms. The second kappa shape index (κ2) is 6.22. The fraction of sp³-hybridized carbons (Fsp3) is 0.312. The second-order valence-electron chi connectivity index (χ2n) is 5.73. The quantitative estimate of drug-likeness (QED) is 0.821. The third-order valence-corrected chi connectivity index (χ3v) is 4.63. The molecule has 1 atom stereocenters. The van der Waals surface area contributed by atoms with Crippen LogP contribution in [0, 0.1) is 0 Å². The largest absolute Gasteiger partial charge is 0.334 e. The van der Waals surface area contributed by atoms with E-state index in [4.69, 9.17) is 0 Å². The number of nitrogens with one attached hydrogen (secondary N) is 1. The zero-order chi connectivity index (χ0) is 16.1. The van der Waals surface area contributed by atoms with Gasteiger partial charge in [-0.1, -0.05) is 28.1 Å². The number of halogens is 2. The molecule has 1 aromatic carbocycles. The number of anilines is 1. The lowest BCUT2D eigenvalue weighted by molar-refractivity contribution is 0.227. The monoisotopic (exact) mass is 409 g/mol. The third kappa shape index (κ3) is 2.52. The molecule has 126 valence electrons. The maximum Gasteiger partial charge on any atom is 0.331 e. The van der Waals surface area contributed by atoms with Gasteiger partial charge in [0.05, 0.1) is 12.6 Å². The highest BCUT2D eigenvalue weighted by Crippen LogP contribution is 2.32. The Bertz CT molecular complexity index is 816. The number of H-pyrrole nitrogens is 1. The highest BCUT2D eigenvalue weighted by Gasteiger charge is 2.41. The van der Waals surface area contributed by atoms with Gasteiger partial charge in [-0.15, -0.1) is 12.4 Å². The minimum atomic E-state index is -0.0445. The molecule has 6 nitrogen and oxygen atoms in total. The van der Waals surface area contributed by atoms with Crippen molar-refractivity contribution in [2.45, 2.75) is 19.9 Å². The number of carbonyl (C=O) groups excluding carboxylic acids is 1. The Morgan fingerprint density at radius 2 is 2.04 bits per heavy atom. The molecule has 1 unspecified atom stereocenters. The summed E-state index contributed by atoms with van der Waals surface area (Å²) >= 11 is 3.44. The first-order valence-corrected chi connectivity index (χ1v) is 8.41. The first-order chi connectivity index (χ1) is 11.1. The van der Waals surface area contributed by atoms with Crippen LogP contribution in [0.5, 0.6) is 0 Å². The van der Waals surface area contributed by atoms with Crippen LogP contribution in [0.25, 0.3) is 11.4 Å². The normalized spacial score (nSPS) is 18.9. The van der Waals surface area contributed by atoms with Crippen LogP contribution in [0.1, 0.15) is 19.5 Å². The summed E-state index contributed by atoms with van der Waals surface area (Å²) in [5.41, 5.74) is 1.80. The van der Waals surface area contributed by atoms with E-state index in [9.17, 15) is 4.79 Å². The van der Waals surface area contributed by atoms with E-state index in [1.54, 1.807) is 9.80 Å². The predicted molar refractivity (Wildman–Crippen MR) is 100 cm³/mol. The fourth-order valence-electron chi connectivity index (χ4n) is 3.02. The van der Waals surface area contributed by atoms with Gasteiger partial charge in [0.2, 0.25) is 0 Å². The van der Waals surface area contributed by atoms with Gasteiger partial charge in [-0.3, -0.25) is 14.8 Å². The van der Waals surface area contributed by atoms with Crippen molar-refractivity contribution in [2.75, 3.05) is 18.0 Å². The third-order valence-electron chi connectivity index (χ3n) is 4.10. The number of hydrogen-bond donors (Lipinski definition) is 1. The van der Waals surface area contributed by atoms with Crippen LogP contribution in [0.3, 0.4) is 0 Å². The van der Waals surface area contributed by atoms with Gasteiger partial charge in [0, 0.05) is 16.6 Å². The number of amidine groups is 1. The number of imidazole rings is 1. The molecule has 8 heteroatoms. The Morgan fingerprint density at radius 3 is 2.71 bits per heavy atom. The van der Waals surface area contributed by atoms with Crippen molar-refractivity contribution in [1.82, 2.24) is 14.9 Å². The zero-order valence-corrected chi connectivity index (χ0v) is 15.7. The van der Waals surface area contributed by atoms with Crippen LogP contribution >= 0.6 is 28.3 Å². The molecule has 2 aromatic rings. The van der Waals surface area contributed by atoms with Crippen molar-refractivity contribution < 1.29 is 4.79 Å². The van der Waals surface area contributed by atoms with Crippen LogP contribution in [0.2, 0.25) is 0 Å². The van der Waals surface area contributed by atoms with E-state index in [0.717, 1.165) is 21.6 Å². The number of rotatable bonds is 2. The Hall–Kier alpha value is -1.86. The average Bonchev–Trinajstić information content (AvgIpc) is 3.12. The van der Waals surface area contributed by atoms with E-state index in [1.165, 1.54) is 0 Å². The number of urea groups is 1. The summed E-state index contributed by atoms with van der Waals surface area (Å²) in [6.45, 7) is 5.17. The van der Waals surface area contributed by atoms with Crippen LogP contribution in [0.4, 0.5) is 10.6 Å². The number of nitrogens with zero attached hydrogens (tertiary/aromatic N) is 4. The highest BCUT2D eigenvalue weighted by atomic mass is 79.9. The summed E-state index contributed by atoms with van der Waals surface area (Å²) in [7, 11) is 0. The summed E-state index contributed by atoms with van der Waals surface area (Å²) in [5, 5.41) is 0. The Kier molecular flexibility index (Phi) is 4.40. The van der Waals surface area contributed by atoms with Crippen molar-refractivity contribution in [3.05, 3.63) is 34.4 Å². The molecular formula is C16H17BrClN5O. The number of carbonyl (C=O) groups is 1. The smallest absolute Gasteiger partial charge is 0.331 e. The Morgan fingerprint density at radius 1 is 1.33 bits per heavy atom. The van der Waals surface area contributed by atoms with Crippen molar-refractivity contribution in [2.24, 2.45) is 4.99 Å². The topological polar surface area (TPSA) is 64.6 Å². The second-order valence-corrected chi connectivity index (χ2v) is 6.65. The number of amides is 2. The van der Waals surface area contributed by atoms with Crippen molar-refractivity contribution in [3.8, 4) is 11.4 Å². The van der Waals surface area contributed by atoms with Gasteiger partial charge in [-0.25, -0.2) is 9.78 Å². The van der Waals surface area contributed by atoms with E-state index in [2.05, 4.69) is 30.9 Å². The van der Waals surface area contributed by atoms with E-state index in [-0.39, 0.29) is 24.5 Å². The molecule has 1 aromatic heterocycles. The highest BCUT2D eigenvalue weighted by molar-refractivity contribution is 9.10. The lowest BCUT2D eigenvalue weighted by Gasteiger charge is -2.31. The molecule has 0 spiro atoms. The van der Waals surface area contributed by atoms with Crippen LogP contribution < -0.4 is 4.90 Å². The lowest BCUT2D eigenvalue weighted by atomic mass is 10.2. The molecule has 2 aliphatic rings. The first kappa shape index (κ1) is 17.0. The Labute approximate surface area is 154 Å². The first-order valence-electron chi connectivity index (χ1n) is 7.61. The molecule has 0 saturated heterocycles. The number of hydrogen-bond acceptors (Lipinski definition) is 3. The van der Waals surface area contributed by atoms with Gasteiger partial charge in [0.25, 0.3) is 0 Å². The summed E-state index contributed by atoms with van der Waals surface area (Å²) in [6, 6.07) is 7.99.